The molecule has 2 heterocycles. The van der Waals surface area contributed by atoms with Gasteiger partial charge in [0.15, 0.2) is 0 Å². The van der Waals surface area contributed by atoms with Crippen molar-refractivity contribution >= 4 is 32.6 Å². The molecule has 0 saturated carbocycles. The van der Waals surface area contributed by atoms with Gasteiger partial charge in [-0.05, 0) is 18.2 Å². The first-order valence-corrected chi connectivity index (χ1v) is 5.46. The van der Waals surface area contributed by atoms with E-state index in [0.717, 1.165) is 27.2 Å². The van der Waals surface area contributed by atoms with Crippen molar-refractivity contribution in [3.05, 3.63) is 52.9 Å². The Morgan fingerprint density at radius 3 is 2.82 bits per heavy atom. The molecule has 0 aliphatic carbocycles. The molecule has 0 unspecified atom stereocenters. The molecule has 0 spiro atoms. The second kappa shape index (κ2) is 2.83. The number of H-pyrrole nitrogens is 1. The summed E-state index contributed by atoms with van der Waals surface area (Å²) in [5.41, 5.74) is 1.69. The van der Waals surface area contributed by atoms with E-state index >= 15 is 0 Å². The molecule has 0 aliphatic rings. The maximum absolute atomic E-state index is 12.0. The van der Waals surface area contributed by atoms with Crippen LogP contribution < -0.4 is 5.56 Å². The quantitative estimate of drug-likeness (QED) is 0.463. The minimum Gasteiger partial charge on any atom is -0.321 e. The first-order valence-electron chi connectivity index (χ1n) is 5.46. The molecule has 0 fully saturated rings. The van der Waals surface area contributed by atoms with Gasteiger partial charge in [0, 0.05) is 33.3 Å². The van der Waals surface area contributed by atoms with Crippen LogP contribution in [-0.2, 0) is 0 Å². The molecule has 0 atom stereocenters. The molecule has 80 valence electrons. The highest BCUT2D eigenvalue weighted by atomic mass is 16.1. The number of nitrogens with one attached hydrogen (secondary N) is 1. The average Bonchev–Trinajstić information content (AvgIpc) is 2.37. The van der Waals surface area contributed by atoms with Gasteiger partial charge in [0.05, 0.1) is 5.52 Å². The SMILES string of the molecule is O=c1[nH]c2cccc3cnc4cccc1c4c32. The zero-order valence-corrected chi connectivity index (χ0v) is 8.90. The standard InChI is InChI=1S/C14H8N2O/c17-14-9-4-2-5-10-13(9)12-8(7-15-10)3-1-6-11(12)16-14/h1-7H,(H,16,17). The summed E-state index contributed by atoms with van der Waals surface area (Å²) in [6.45, 7) is 0. The van der Waals surface area contributed by atoms with E-state index in [0.29, 0.717) is 5.39 Å². The molecule has 0 bridgehead atoms. The maximum atomic E-state index is 12.0. The number of nitrogens with zero attached hydrogens (tertiary/aromatic N) is 1. The third-order valence-corrected chi connectivity index (χ3v) is 3.22. The smallest absolute Gasteiger partial charge is 0.256 e. The second-order valence-electron chi connectivity index (χ2n) is 4.18. The molecule has 3 nitrogen and oxygen atoms in total. The first kappa shape index (κ1) is 8.70. The van der Waals surface area contributed by atoms with Gasteiger partial charge in [-0.25, -0.2) is 0 Å². The normalized spacial score (nSPS) is 11.8. The summed E-state index contributed by atoms with van der Waals surface area (Å²) in [7, 11) is 0. The van der Waals surface area contributed by atoms with Gasteiger partial charge in [-0.1, -0.05) is 18.2 Å². The van der Waals surface area contributed by atoms with Crippen LogP contribution in [0.25, 0.3) is 32.6 Å². The summed E-state index contributed by atoms with van der Waals surface area (Å²) in [6, 6.07) is 11.5. The summed E-state index contributed by atoms with van der Waals surface area (Å²) >= 11 is 0. The largest absolute Gasteiger partial charge is 0.321 e. The Kier molecular flexibility index (Phi) is 1.45. The summed E-state index contributed by atoms with van der Waals surface area (Å²) in [5, 5.41) is 3.82. The molecule has 1 N–H and O–H groups in total. The van der Waals surface area contributed by atoms with Gasteiger partial charge in [0.25, 0.3) is 5.56 Å². The lowest BCUT2D eigenvalue weighted by molar-refractivity contribution is 1.34. The van der Waals surface area contributed by atoms with Gasteiger partial charge in [-0.15, -0.1) is 0 Å². The van der Waals surface area contributed by atoms with Gasteiger partial charge in [0.2, 0.25) is 0 Å². The van der Waals surface area contributed by atoms with Crippen LogP contribution in [0.5, 0.6) is 0 Å². The average molecular weight is 220 g/mol. The Balaban J connectivity index is 2.55. The number of aromatic amines is 1. The van der Waals surface area contributed by atoms with E-state index in [1.807, 2.05) is 42.6 Å². The zero-order valence-electron chi connectivity index (χ0n) is 8.90. The highest BCUT2D eigenvalue weighted by molar-refractivity contribution is 6.20. The number of benzene rings is 2. The minimum atomic E-state index is -0.0522. The van der Waals surface area contributed by atoms with Crippen LogP contribution in [0, 0.1) is 0 Å². The van der Waals surface area contributed by atoms with E-state index < -0.39 is 0 Å². The predicted molar refractivity (Wildman–Crippen MR) is 68.6 cm³/mol. The number of rotatable bonds is 0. The molecule has 2 aromatic carbocycles. The predicted octanol–water partition coefficient (Wildman–Crippen LogP) is 2.67. The zero-order chi connectivity index (χ0) is 11.4. The highest BCUT2D eigenvalue weighted by Crippen LogP contribution is 2.29. The maximum Gasteiger partial charge on any atom is 0.256 e. The van der Waals surface area contributed by atoms with Gasteiger partial charge in [-0.3, -0.25) is 9.78 Å². The van der Waals surface area contributed by atoms with E-state index in [1.54, 1.807) is 0 Å². The van der Waals surface area contributed by atoms with Crippen LogP contribution in [0.4, 0.5) is 0 Å². The molecule has 0 amide bonds. The van der Waals surface area contributed by atoms with Crippen LogP contribution in [0.15, 0.2) is 47.4 Å². The van der Waals surface area contributed by atoms with Crippen molar-refractivity contribution in [3.8, 4) is 0 Å². The van der Waals surface area contributed by atoms with E-state index in [2.05, 4.69) is 9.97 Å². The molecule has 0 radical (unpaired) electrons. The Bertz CT molecular complexity index is 908. The highest BCUT2D eigenvalue weighted by Gasteiger charge is 2.10. The summed E-state index contributed by atoms with van der Waals surface area (Å²) in [6.07, 6.45) is 1.85. The molecule has 4 aromatic rings. The van der Waals surface area contributed by atoms with Gasteiger partial charge < -0.3 is 4.98 Å². The fourth-order valence-corrected chi connectivity index (χ4v) is 2.49. The Labute approximate surface area is 96.1 Å². The van der Waals surface area contributed by atoms with Crippen LogP contribution in [0.1, 0.15) is 0 Å². The molecule has 0 saturated heterocycles. The number of pyridine rings is 2. The molecule has 17 heavy (non-hydrogen) atoms. The van der Waals surface area contributed by atoms with Crippen molar-refractivity contribution in [2.24, 2.45) is 0 Å². The lowest BCUT2D eigenvalue weighted by atomic mass is 10.0. The Morgan fingerprint density at radius 2 is 1.88 bits per heavy atom. The monoisotopic (exact) mass is 220 g/mol. The first-order chi connectivity index (χ1) is 8.34. The van der Waals surface area contributed by atoms with E-state index in [-0.39, 0.29) is 5.56 Å². The van der Waals surface area contributed by atoms with Crippen molar-refractivity contribution in [1.82, 2.24) is 9.97 Å². The Morgan fingerprint density at radius 1 is 1.00 bits per heavy atom. The molecule has 0 aliphatic heterocycles. The number of hydrogen-bond donors (Lipinski definition) is 1. The minimum absolute atomic E-state index is 0.0522. The summed E-state index contributed by atoms with van der Waals surface area (Å²) in [5.74, 6) is 0. The molecular formula is C14H8N2O. The molecular weight excluding hydrogens is 212 g/mol. The van der Waals surface area contributed by atoms with Crippen molar-refractivity contribution in [1.29, 1.82) is 0 Å². The third-order valence-electron chi connectivity index (χ3n) is 3.22. The van der Waals surface area contributed by atoms with Crippen molar-refractivity contribution < 1.29 is 0 Å². The van der Waals surface area contributed by atoms with Crippen LogP contribution in [-0.4, -0.2) is 9.97 Å². The Hall–Kier alpha value is -2.42. The van der Waals surface area contributed by atoms with E-state index in [4.69, 9.17) is 0 Å². The van der Waals surface area contributed by atoms with Crippen molar-refractivity contribution in [2.75, 3.05) is 0 Å². The lowest BCUT2D eigenvalue weighted by Gasteiger charge is -2.08. The fraction of sp³-hybridized carbons (Fsp3) is 0. The summed E-state index contributed by atoms with van der Waals surface area (Å²) < 4.78 is 0. The molecule has 2 aromatic heterocycles. The van der Waals surface area contributed by atoms with Gasteiger partial charge in [-0.2, -0.15) is 0 Å². The number of aromatic nitrogens is 2. The van der Waals surface area contributed by atoms with Crippen LogP contribution in [0.3, 0.4) is 0 Å². The third kappa shape index (κ3) is 1.00. The number of hydrogen-bond acceptors (Lipinski definition) is 2. The van der Waals surface area contributed by atoms with Crippen molar-refractivity contribution in [3.63, 3.8) is 0 Å². The van der Waals surface area contributed by atoms with Crippen LogP contribution in [0.2, 0.25) is 0 Å². The van der Waals surface area contributed by atoms with E-state index in [1.165, 1.54) is 0 Å². The second-order valence-corrected chi connectivity index (χ2v) is 4.18. The molecule has 4 rings (SSSR count). The van der Waals surface area contributed by atoms with E-state index in [9.17, 15) is 4.79 Å². The van der Waals surface area contributed by atoms with Crippen molar-refractivity contribution in [2.45, 2.75) is 0 Å². The topological polar surface area (TPSA) is 45.8 Å². The van der Waals surface area contributed by atoms with Gasteiger partial charge >= 0.3 is 0 Å². The van der Waals surface area contributed by atoms with Crippen LogP contribution >= 0.6 is 0 Å². The molecule has 3 heteroatoms. The van der Waals surface area contributed by atoms with Gasteiger partial charge in [0.1, 0.15) is 0 Å². The lowest BCUT2D eigenvalue weighted by Crippen LogP contribution is -2.07. The fourth-order valence-electron chi connectivity index (χ4n) is 2.49. The summed E-state index contributed by atoms with van der Waals surface area (Å²) in [4.78, 5) is 19.3.